The van der Waals surface area contributed by atoms with Gasteiger partial charge >= 0.3 is 0 Å². The lowest BCUT2D eigenvalue weighted by atomic mass is 9.90. The summed E-state index contributed by atoms with van der Waals surface area (Å²) in [6, 6.07) is 3.80. The van der Waals surface area contributed by atoms with E-state index < -0.39 is 0 Å². The van der Waals surface area contributed by atoms with Crippen molar-refractivity contribution >= 4 is 17.6 Å². The molecule has 1 atom stereocenters. The third kappa shape index (κ3) is 2.51. The fraction of sp³-hybridized carbons (Fsp3) is 0.500. The van der Waals surface area contributed by atoms with E-state index in [0.29, 0.717) is 12.8 Å². The smallest absolute Gasteiger partial charge is 0.234 e. The molecule has 2 aliphatic rings. The van der Waals surface area contributed by atoms with E-state index in [2.05, 4.69) is 20.5 Å². The van der Waals surface area contributed by atoms with Crippen LogP contribution in [0.15, 0.2) is 18.3 Å². The maximum atomic E-state index is 12.0. The molecule has 106 valence electrons. The molecule has 0 saturated carbocycles. The Morgan fingerprint density at radius 3 is 2.80 bits per heavy atom. The quantitative estimate of drug-likeness (QED) is 0.743. The largest absolute Gasteiger partial charge is 0.354 e. The van der Waals surface area contributed by atoms with Crippen LogP contribution in [-0.4, -0.2) is 43.0 Å². The minimum Gasteiger partial charge on any atom is -0.354 e. The number of piperazine rings is 1. The number of rotatable bonds is 2. The van der Waals surface area contributed by atoms with Crippen molar-refractivity contribution in [1.82, 2.24) is 15.6 Å². The van der Waals surface area contributed by atoms with Crippen molar-refractivity contribution in [3.63, 3.8) is 0 Å². The Morgan fingerprint density at radius 2 is 2.05 bits per heavy atom. The SMILES string of the molecule is O=C1CCC(c2cccnc2N2CCNCC2)C(=O)N1. The van der Waals surface area contributed by atoms with Gasteiger partial charge in [-0.2, -0.15) is 0 Å². The number of hydrogen-bond acceptors (Lipinski definition) is 5. The molecule has 3 heterocycles. The normalized spacial score (nSPS) is 23.6. The summed E-state index contributed by atoms with van der Waals surface area (Å²) < 4.78 is 0. The minimum absolute atomic E-state index is 0.182. The predicted molar refractivity (Wildman–Crippen MR) is 74.4 cm³/mol. The van der Waals surface area contributed by atoms with Crippen molar-refractivity contribution in [1.29, 1.82) is 0 Å². The van der Waals surface area contributed by atoms with Crippen LogP contribution in [0.5, 0.6) is 0 Å². The molecule has 0 aliphatic carbocycles. The molecule has 0 spiro atoms. The Kier molecular flexibility index (Phi) is 3.64. The summed E-state index contributed by atoms with van der Waals surface area (Å²) in [5.41, 5.74) is 0.930. The van der Waals surface area contributed by atoms with E-state index in [1.807, 2.05) is 12.1 Å². The Morgan fingerprint density at radius 1 is 1.25 bits per heavy atom. The number of aromatic nitrogens is 1. The molecule has 2 N–H and O–H groups in total. The standard InChI is InChI=1S/C14H18N4O2/c19-12-4-3-11(14(20)17-12)10-2-1-5-16-13(10)18-8-6-15-7-9-18/h1-2,5,11,15H,3-4,6-9H2,(H,17,19,20). The van der Waals surface area contributed by atoms with E-state index in [0.717, 1.165) is 37.6 Å². The van der Waals surface area contributed by atoms with E-state index in [4.69, 9.17) is 0 Å². The van der Waals surface area contributed by atoms with Gasteiger partial charge in [-0.25, -0.2) is 4.98 Å². The molecule has 2 aliphatic heterocycles. The van der Waals surface area contributed by atoms with E-state index in [9.17, 15) is 9.59 Å². The number of hydrogen-bond donors (Lipinski definition) is 2. The van der Waals surface area contributed by atoms with Crippen LogP contribution in [0.2, 0.25) is 0 Å². The minimum atomic E-state index is -0.272. The molecule has 0 aromatic carbocycles. The molecule has 2 amide bonds. The highest BCUT2D eigenvalue weighted by molar-refractivity contribution is 6.01. The molecule has 0 bridgehead atoms. The second-order valence-electron chi connectivity index (χ2n) is 5.16. The molecular weight excluding hydrogens is 256 g/mol. The average Bonchev–Trinajstić information content (AvgIpc) is 2.48. The van der Waals surface area contributed by atoms with Crippen molar-refractivity contribution in [2.45, 2.75) is 18.8 Å². The van der Waals surface area contributed by atoms with Crippen LogP contribution in [0, 0.1) is 0 Å². The zero-order valence-corrected chi connectivity index (χ0v) is 11.3. The zero-order chi connectivity index (χ0) is 13.9. The van der Waals surface area contributed by atoms with Crippen molar-refractivity contribution in [3.8, 4) is 0 Å². The average molecular weight is 274 g/mol. The number of nitrogens with one attached hydrogen (secondary N) is 2. The molecule has 0 radical (unpaired) electrons. The highest BCUT2D eigenvalue weighted by atomic mass is 16.2. The predicted octanol–water partition coefficient (Wildman–Crippen LogP) is 0.0114. The molecular formula is C14H18N4O2. The van der Waals surface area contributed by atoms with Crippen LogP contribution in [0.1, 0.15) is 24.3 Å². The van der Waals surface area contributed by atoms with Crippen LogP contribution in [0.3, 0.4) is 0 Å². The molecule has 2 fully saturated rings. The number of nitrogens with zero attached hydrogens (tertiary/aromatic N) is 2. The summed E-state index contributed by atoms with van der Waals surface area (Å²) in [5, 5.41) is 5.73. The van der Waals surface area contributed by atoms with Gasteiger partial charge in [-0.05, 0) is 12.5 Å². The van der Waals surface area contributed by atoms with Crippen molar-refractivity contribution in [2.24, 2.45) is 0 Å². The van der Waals surface area contributed by atoms with Crippen LogP contribution >= 0.6 is 0 Å². The van der Waals surface area contributed by atoms with Gasteiger partial charge in [0.15, 0.2) is 0 Å². The molecule has 1 unspecified atom stereocenters. The molecule has 2 saturated heterocycles. The summed E-state index contributed by atoms with van der Waals surface area (Å²) in [6.07, 6.45) is 2.72. The number of anilines is 1. The van der Waals surface area contributed by atoms with Gasteiger partial charge in [0, 0.05) is 44.4 Å². The second kappa shape index (κ2) is 5.58. The zero-order valence-electron chi connectivity index (χ0n) is 11.3. The van der Waals surface area contributed by atoms with Gasteiger partial charge in [-0.1, -0.05) is 6.07 Å². The number of pyridine rings is 1. The summed E-state index contributed by atoms with van der Waals surface area (Å²) in [6.45, 7) is 3.62. The molecule has 6 nitrogen and oxygen atoms in total. The van der Waals surface area contributed by atoms with Crippen molar-refractivity contribution in [2.75, 3.05) is 31.1 Å². The van der Waals surface area contributed by atoms with Crippen LogP contribution in [0.25, 0.3) is 0 Å². The van der Waals surface area contributed by atoms with E-state index in [1.54, 1.807) is 6.20 Å². The van der Waals surface area contributed by atoms with Crippen molar-refractivity contribution in [3.05, 3.63) is 23.9 Å². The van der Waals surface area contributed by atoms with Crippen molar-refractivity contribution < 1.29 is 9.59 Å². The lowest BCUT2D eigenvalue weighted by Gasteiger charge is -2.32. The van der Waals surface area contributed by atoms with Crippen LogP contribution < -0.4 is 15.5 Å². The monoisotopic (exact) mass is 274 g/mol. The van der Waals surface area contributed by atoms with E-state index in [-0.39, 0.29) is 17.7 Å². The van der Waals surface area contributed by atoms with Crippen LogP contribution in [0.4, 0.5) is 5.82 Å². The maximum absolute atomic E-state index is 12.0. The second-order valence-corrected chi connectivity index (χ2v) is 5.16. The first-order chi connectivity index (χ1) is 9.75. The topological polar surface area (TPSA) is 74.3 Å². The van der Waals surface area contributed by atoms with Gasteiger partial charge in [0.1, 0.15) is 5.82 Å². The van der Waals surface area contributed by atoms with Gasteiger partial charge in [-0.3, -0.25) is 14.9 Å². The number of carbonyl (C=O) groups excluding carboxylic acids is 2. The Labute approximate surface area is 117 Å². The summed E-state index contributed by atoms with van der Waals surface area (Å²) in [4.78, 5) is 30.0. The fourth-order valence-electron chi connectivity index (χ4n) is 2.81. The lowest BCUT2D eigenvalue weighted by Crippen LogP contribution is -2.45. The van der Waals surface area contributed by atoms with Gasteiger partial charge in [0.2, 0.25) is 11.8 Å². The lowest BCUT2D eigenvalue weighted by molar-refractivity contribution is -0.134. The number of amides is 2. The molecule has 6 heteroatoms. The number of piperidine rings is 1. The highest BCUT2D eigenvalue weighted by Gasteiger charge is 2.31. The summed E-state index contributed by atoms with van der Waals surface area (Å²) >= 11 is 0. The Hall–Kier alpha value is -1.95. The first kappa shape index (κ1) is 13.1. The van der Waals surface area contributed by atoms with Gasteiger partial charge in [-0.15, -0.1) is 0 Å². The first-order valence-electron chi connectivity index (χ1n) is 7.00. The van der Waals surface area contributed by atoms with Gasteiger partial charge in [0.25, 0.3) is 0 Å². The van der Waals surface area contributed by atoms with Gasteiger partial charge < -0.3 is 10.2 Å². The Bertz CT molecular complexity index is 526. The van der Waals surface area contributed by atoms with Crippen LogP contribution in [-0.2, 0) is 9.59 Å². The number of carbonyl (C=O) groups is 2. The third-order valence-corrected chi connectivity index (χ3v) is 3.85. The molecule has 1 aromatic rings. The fourth-order valence-corrected chi connectivity index (χ4v) is 2.81. The van der Waals surface area contributed by atoms with E-state index in [1.165, 1.54) is 0 Å². The maximum Gasteiger partial charge on any atom is 0.234 e. The highest BCUT2D eigenvalue weighted by Crippen LogP contribution is 2.31. The Balaban J connectivity index is 1.89. The molecule has 20 heavy (non-hydrogen) atoms. The summed E-state index contributed by atoms with van der Waals surface area (Å²) in [5.74, 6) is 0.222. The third-order valence-electron chi connectivity index (χ3n) is 3.85. The summed E-state index contributed by atoms with van der Waals surface area (Å²) in [7, 11) is 0. The van der Waals surface area contributed by atoms with E-state index >= 15 is 0 Å². The molecule has 3 rings (SSSR count). The first-order valence-corrected chi connectivity index (χ1v) is 7.00. The molecule has 1 aromatic heterocycles. The number of imide groups is 1. The van der Waals surface area contributed by atoms with Gasteiger partial charge in [0.05, 0.1) is 5.92 Å².